The molecule has 0 fully saturated rings. The van der Waals surface area contributed by atoms with Crippen molar-refractivity contribution >= 4 is 23.2 Å². The molecule has 0 heterocycles. The summed E-state index contributed by atoms with van der Waals surface area (Å²) in [4.78, 5) is 13.1. The number of hydrogen-bond acceptors (Lipinski definition) is 2. The van der Waals surface area contributed by atoms with Gasteiger partial charge in [0, 0.05) is 29.9 Å². The Morgan fingerprint density at radius 1 is 1.21 bits per heavy atom. The number of nitrogens with zero attached hydrogens (tertiary/aromatic N) is 1. The lowest BCUT2D eigenvalue weighted by molar-refractivity contribution is 0.100. The van der Waals surface area contributed by atoms with Crippen LogP contribution in [0.1, 0.15) is 15.9 Å². The summed E-state index contributed by atoms with van der Waals surface area (Å²) in [5.74, 6) is -0.413. The summed E-state index contributed by atoms with van der Waals surface area (Å²) in [5, 5.41) is 0.731. The van der Waals surface area contributed by atoms with E-state index in [1.54, 1.807) is 12.1 Å². The molecular formula is C15H15ClN2O. The topological polar surface area (TPSA) is 46.3 Å². The van der Waals surface area contributed by atoms with Crippen LogP contribution < -0.4 is 10.6 Å². The minimum atomic E-state index is -0.413. The normalized spacial score (nSPS) is 10.2. The molecule has 19 heavy (non-hydrogen) atoms. The molecule has 0 spiro atoms. The van der Waals surface area contributed by atoms with E-state index in [9.17, 15) is 4.79 Å². The molecule has 3 nitrogen and oxygen atoms in total. The quantitative estimate of drug-likeness (QED) is 0.931. The number of nitrogens with two attached hydrogens (primary N) is 1. The van der Waals surface area contributed by atoms with Gasteiger partial charge in [-0.3, -0.25) is 4.79 Å². The van der Waals surface area contributed by atoms with Gasteiger partial charge in [-0.15, -0.1) is 0 Å². The standard InChI is InChI=1S/C15H15ClN2O/c1-18(10-11-3-2-4-13(16)9-11)14-7-5-12(6-8-14)15(17)19/h2-9H,10H2,1H3,(H2,17,19). The lowest BCUT2D eigenvalue weighted by Gasteiger charge is -2.19. The summed E-state index contributed by atoms with van der Waals surface area (Å²) in [6.07, 6.45) is 0. The van der Waals surface area contributed by atoms with Gasteiger partial charge in [0.25, 0.3) is 0 Å². The van der Waals surface area contributed by atoms with Crippen LogP contribution in [0, 0.1) is 0 Å². The predicted octanol–water partition coefficient (Wildman–Crippen LogP) is 3.08. The number of anilines is 1. The molecular weight excluding hydrogens is 260 g/mol. The molecule has 2 aromatic rings. The molecule has 0 saturated heterocycles. The molecule has 0 aromatic heterocycles. The average molecular weight is 275 g/mol. The van der Waals surface area contributed by atoms with E-state index in [1.165, 1.54) is 0 Å². The molecule has 0 aliphatic carbocycles. The van der Waals surface area contributed by atoms with E-state index < -0.39 is 5.91 Å². The van der Waals surface area contributed by atoms with Crippen molar-refractivity contribution in [3.63, 3.8) is 0 Å². The number of benzene rings is 2. The molecule has 1 amide bonds. The Morgan fingerprint density at radius 2 is 1.89 bits per heavy atom. The first-order valence-electron chi connectivity index (χ1n) is 5.92. The summed E-state index contributed by atoms with van der Waals surface area (Å²) in [6.45, 7) is 0.747. The van der Waals surface area contributed by atoms with E-state index in [0.29, 0.717) is 5.56 Å². The average Bonchev–Trinajstić information content (AvgIpc) is 2.39. The van der Waals surface area contributed by atoms with Crippen LogP contribution in [0.2, 0.25) is 5.02 Å². The first-order valence-corrected chi connectivity index (χ1v) is 6.29. The summed E-state index contributed by atoms with van der Waals surface area (Å²) in [7, 11) is 1.99. The lowest BCUT2D eigenvalue weighted by Crippen LogP contribution is -2.17. The van der Waals surface area contributed by atoms with Crippen LogP contribution >= 0.6 is 11.6 Å². The molecule has 2 rings (SSSR count). The lowest BCUT2D eigenvalue weighted by atomic mass is 10.1. The molecule has 98 valence electrons. The van der Waals surface area contributed by atoms with Crippen molar-refractivity contribution in [3.8, 4) is 0 Å². The van der Waals surface area contributed by atoms with Gasteiger partial charge >= 0.3 is 0 Å². The van der Waals surface area contributed by atoms with Crippen LogP contribution in [0.4, 0.5) is 5.69 Å². The second-order valence-electron chi connectivity index (χ2n) is 4.40. The maximum Gasteiger partial charge on any atom is 0.248 e. The SMILES string of the molecule is CN(Cc1cccc(Cl)c1)c1ccc(C(N)=O)cc1. The molecule has 2 N–H and O–H groups in total. The molecule has 0 aliphatic rings. The minimum Gasteiger partial charge on any atom is -0.370 e. The number of hydrogen-bond donors (Lipinski definition) is 1. The Labute approximate surface area is 117 Å². The highest BCUT2D eigenvalue weighted by molar-refractivity contribution is 6.30. The van der Waals surface area contributed by atoms with Crippen LogP contribution in [0.3, 0.4) is 0 Å². The third-order valence-electron chi connectivity index (χ3n) is 2.90. The summed E-state index contributed by atoms with van der Waals surface area (Å²) in [5.41, 5.74) is 7.88. The van der Waals surface area contributed by atoms with Crippen molar-refractivity contribution in [2.45, 2.75) is 6.54 Å². The molecule has 0 aliphatic heterocycles. The second-order valence-corrected chi connectivity index (χ2v) is 4.83. The fraction of sp³-hybridized carbons (Fsp3) is 0.133. The maximum absolute atomic E-state index is 11.0. The van der Waals surface area contributed by atoms with E-state index in [2.05, 4.69) is 4.90 Å². The number of amides is 1. The Hall–Kier alpha value is -2.00. The monoisotopic (exact) mass is 274 g/mol. The first kappa shape index (κ1) is 13.4. The van der Waals surface area contributed by atoms with Crippen molar-refractivity contribution in [2.75, 3.05) is 11.9 Å². The van der Waals surface area contributed by atoms with Gasteiger partial charge < -0.3 is 10.6 Å². The van der Waals surface area contributed by atoms with Crippen molar-refractivity contribution in [3.05, 3.63) is 64.7 Å². The maximum atomic E-state index is 11.0. The zero-order valence-electron chi connectivity index (χ0n) is 10.6. The van der Waals surface area contributed by atoms with E-state index in [1.807, 2.05) is 43.4 Å². The molecule has 4 heteroatoms. The van der Waals surface area contributed by atoms with Crippen LogP contribution in [-0.2, 0) is 6.54 Å². The zero-order valence-corrected chi connectivity index (χ0v) is 11.4. The molecule has 0 radical (unpaired) electrons. The summed E-state index contributed by atoms with van der Waals surface area (Å²) >= 11 is 5.96. The smallest absolute Gasteiger partial charge is 0.248 e. The van der Waals surface area contributed by atoms with Crippen LogP contribution in [-0.4, -0.2) is 13.0 Å². The van der Waals surface area contributed by atoms with Crippen LogP contribution in [0.25, 0.3) is 0 Å². The number of carbonyl (C=O) groups is 1. The fourth-order valence-corrected chi connectivity index (χ4v) is 2.09. The predicted molar refractivity (Wildman–Crippen MR) is 78.5 cm³/mol. The van der Waals surface area contributed by atoms with E-state index in [0.717, 1.165) is 22.8 Å². The molecule has 0 atom stereocenters. The Bertz CT molecular complexity index is 581. The van der Waals surface area contributed by atoms with Crippen LogP contribution in [0.5, 0.6) is 0 Å². The van der Waals surface area contributed by atoms with Crippen molar-refractivity contribution < 1.29 is 4.79 Å². The highest BCUT2D eigenvalue weighted by Gasteiger charge is 2.04. The third kappa shape index (κ3) is 3.48. The largest absolute Gasteiger partial charge is 0.370 e. The van der Waals surface area contributed by atoms with Gasteiger partial charge in [-0.2, -0.15) is 0 Å². The number of primary amides is 1. The highest BCUT2D eigenvalue weighted by atomic mass is 35.5. The van der Waals surface area contributed by atoms with E-state index >= 15 is 0 Å². The van der Waals surface area contributed by atoms with Gasteiger partial charge in [0.15, 0.2) is 0 Å². The van der Waals surface area contributed by atoms with E-state index in [4.69, 9.17) is 17.3 Å². The van der Waals surface area contributed by atoms with Crippen molar-refractivity contribution in [1.82, 2.24) is 0 Å². The first-order chi connectivity index (χ1) is 9.06. The van der Waals surface area contributed by atoms with Gasteiger partial charge in [0.1, 0.15) is 0 Å². The fourth-order valence-electron chi connectivity index (χ4n) is 1.88. The van der Waals surface area contributed by atoms with Gasteiger partial charge in [-0.05, 0) is 42.0 Å². The zero-order chi connectivity index (χ0) is 13.8. The molecule has 2 aromatic carbocycles. The molecule has 0 saturated carbocycles. The minimum absolute atomic E-state index is 0.413. The second kappa shape index (κ2) is 5.76. The van der Waals surface area contributed by atoms with Crippen LogP contribution in [0.15, 0.2) is 48.5 Å². The van der Waals surface area contributed by atoms with Gasteiger partial charge in [0.2, 0.25) is 5.91 Å². The van der Waals surface area contributed by atoms with E-state index in [-0.39, 0.29) is 0 Å². The Morgan fingerprint density at radius 3 is 2.47 bits per heavy atom. The van der Waals surface area contributed by atoms with Gasteiger partial charge in [-0.1, -0.05) is 23.7 Å². The molecule has 0 bridgehead atoms. The third-order valence-corrected chi connectivity index (χ3v) is 3.14. The Balaban J connectivity index is 2.11. The number of halogens is 1. The van der Waals surface area contributed by atoms with Gasteiger partial charge in [-0.25, -0.2) is 0 Å². The number of rotatable bonds is 4. The summed E-state index contributed by atoms with van der Waals surface area (Å²) < 4.78 is 0. The molecule has 0 unspecified atom stereocenters. The number of carbonyl (C=O) groups excluding carboxylic acids is 1. The highest BCUT2D eigenvalue weighted by Crippen LogP contribution is 2.18. The summed E-state index contributed by atoms with van der Waals surface area (Å²) in [6, 6.07) is 15.0. The Kier molecular flexibility index (Phi) is 4.07. The van der Waals surface area contributed by atoms with Crippen molar-refractivity contribution in [2.24, 2.45) is 5.73 Å². The van der Waals surface area contributed by atoms with Crippen molar-refractivity contribution in [1.29, 1.82) is 0 Å². The van der Waals surface area contributed by atoms with Gasteiger partial charge in [0.05, 0.1) is 0 Å².